The van der Waals surface area contributed by atoms with Gasteiger partial charge in [0.1, 0.15) is 11.6 Å². The Kier molecular flexibility index (Phi) is 6.39. The van der Waals surface area contributed by atoms with Crippen LogP contribution in [-0.4, -0.2) is 66.1 Å². The molecule has 0 radical (unpaired) electrons. The predicted molar refractivity (Wildman–Crippen MR) is 137 cm³/mol. The average molecular weight is 497 g/mol. The molecule has 2 aliphatic rings. The van der Waals surface area contributed by atoms with E-state index in [9.17, 15) is 5.11 Å². The van der Waals surface area contributed by atoms with E-state index in [2.05, 4.69) is 30.5 Å². The Morgan fingerprint density at radius 1 is 1.29 bits per heavy atom. The summed E-state index contributed by atoms with van der Waals surface area (Å²) in [5.74, 6) is 1.85. The number of hydrogen-bond acceptors (Lipinski definition) is 9. The second-order valence-electron chi connectivity index (χ2n) is 9.07. The van der Waals surface area contributed by atoms with Crippen molar-refractivity contribution in [2.24, 2.45) is 0 Å². The summed E-state index contributed by atoms with van der Waals surface area (Å²) in [6, 6.07) is 7.61. The number of halogens is 1. The van der Waals surface area contributed by atoms with Crippen molar-refractivity contribution in [2.75, 3.05) is 55.5 Å². The van der Waals surface area contributed by atoms with E-state index in [1.807, 2.05) is 38.1 Å². The topological polar surface area (TPSA) is 105 Å². The zero-order valence-electron chi connectivity index (χ0n) is 20.0. The van der Waals surface area contributed by atoms with E-state index < -0.39 is 0 Å². The van der Waals surface area contributed by atoms with Crippen LogP contribution >= 0.6 is 11.6 Å². The van der Waals surface area contributed by atoms with Crippen LogP contribution in [0.25, 0.3) is 11.3 Å². The van der Waals surface area contributed by atoms with Crippen molar-refractivity contribution < 1.29 is 14.6 Å². The summed E-state index contributed by atoms with van der Waals surface area (Å²) in [6.45, 7) is 7.00. The number of methoxy groups -OCH3 is 1. The van der Waals surface area contributed by atoms with Crippen LogP contribution in [0, 0.1) is 0 Å². The molecule has 1 unspecified atom stereocenters. The molecule has 5 rings (SSSR count). The highest BCUT2D eigenvalue weighted by atomic mass is 35.5. The van der Waals surface area contributed by atoms with Gasteiger partial charge in [0.2, 0.25) is 5.95 Å². The summed E-state index contributed by atoms with van der Waals surface area (Å²) < 4.78 is 11.3. The number of pyridine rings is 1. The number of anilines is 4. The van der Waals surface area contributed by atoms with E-state index in [4.69, 9.17) is 21.1 Å². The number of hydrogen-bond donors (Lipinski definition) is 3. The van der Waals surface area contributed by atoms with Gasteiger partial charge in [-0.15, -0.1) is 0 Å². The van der Waals surface area contributed by atoms with Gasteiger partial charge in [0.15, 0.2) is 0 Å². The lowest BCUT2D eigenvalue weighted by molar-refractivity contribution is 0.0431. The smallest absolute Gasteiger partial charge is 0.227 e. The molecule has 3 aromatic rings. The summed E-state index contributed by atoms with van der Waals surface area (Å²) in [7, 11) is 1.62. The van der Waals surface area contributed by atoms with Gasteiger partial charge in [0.05, 0.1) is 41.9 Å². The molecule has 35 heavy (non-hydrogen) atoms. The lowest BCUT2D eigenvalue weighted by Gasteiger charge is -2.41. The zero-order valence-corrected chi connectivity index (χ0v) is 20.8. The molecule has 0 amide bonds. The number of aliphatic hydroxyl groups is 1. The summed E-state index contributed by atoms with van der Waals surface area (Å²) in [5.41, 5.74) is 3.74. The molecule has 2 aliphatic heterocycles. The van der Waals surface area contributed by atoms with Crippen LogP contribution in [0.4, 0.5) is 23.1 Å². The Balaban J connectivity index is 1.39. The third kappa shape index (κ3) is 4.47. The van der Waals surface area contributed by atoms with Crippen LogP contribution < -0.4 is 20.3 Å². The third-order valence-electron chi connectivity index (χ3n) is 6.59. The second kappa shape index (κ2) is 9.49. The molecule has 9 nitrogen and oxygen atoms in total. The highest BCUT2D eigenvalue weighted by molar-refractivity contribution is 6.33. The maximum atomic E-state index is 9.89. The van der Waals surface area contributed by atoms with Crippen molar-refractivity contribution in [1.82, 2.24) is 15.0 Å². The van der Waals surface area contributed by atoms with Crippen LogP contribution in [-0.2, 0) is 10.2 Å². The molecule has 1 atom stereocenters. The number of benzene rings is 1. The third-order valence-corrected chi connectivity index (χ3v) is 6.89. The van der Waals surface area contributed by atoms with Crippen LogP contribution in [0.2, 0.25) is 5.02 Å². The molecule has 1 saturated heterocycles. The van der Waals surface area contributed by atoms with Crippen molar-refractivity contribution >= 4 is 34.7 Å². The number of nitrogens with one attached hydrogen (secondary N) is 2. The molecule has 0 aliphatic carbocycles. The van der Waals surface area contributed by atoms with Gasteiger partial charge in [-0.1, -0.05) is 18.5 Å². The highest BCUT2D eigenvalue weighted by Gasteiger charge is 2.35. The predicted octanol–water partition coefficient (Wildman–Crippen LogP) is 3.84. The molecule has 0 saturated carbocycles. The lowest BCUT2D eigenvalue weighted by atomic mass is 9.85. The quantitative estimate of drug-likeness (QED) is 0.429. The molecule has 184 valence electrons. The van der Waals surface area contributed by atoms with E-state index in [0.717, 1.165) is 35.7 Å². The Hall–Kier alpha value is -3.14. The van der Waals surface area contributed by atoms with Gasteiger partial charge < -0.3 is 30.1 Å². The molecule has 1 aromatic carbocycles. The van der Waals surface area contributed by atoms with Crippen LogP contribution in [0.15, 0.2) is 36.7 Å². The van der Waals surface area contributed by atoms with E-state index in [1.165, 1.54) is 0 Å². The monoisotopic (exact) mass is 496 g/mol. The fourth-order valence-corrected chi connectivity index (χ4v) is 4.73. The lowest BCUT2D eigenvalue weighted by Crippen LogP contribution is -2.52. The first-order valence-electron chi connectivity index (χ1n) is 11.6. The molecule has 1 fully saturated rings. The molecular weight excluding hydrogens is 468 g/mol. The number of nitrogens with zero attached hydrogens (tertiary/aromatic N) is 4. The van der Waals surface area contributed by atoms with Crippen LogP contribution in [0.5, 0.6) is 5.75 Å². The van der Waals surface area contributed by atoms with Crippen LogP contribution in [0.1, 0.15) is 19.4 Å². The fraction of sp³-hybridized carbons (Fsp3) is 0.400. The SMILES string of the molecule is CCOC1CN(c2cc(OC)c(Nc3nccc(-c4cnc5c(c4)C(C)(CO)CN5)n3)cc2Cl)C1. The Bertz CT molecular complexity index is 1240. The van der Waals surface area contributed by atoms with E-state index >= 15 is 0 Å². The van der Waals surface area contributed by atoms with Gasteiger partial charge in [-0.05, 0) is 25.1 Å². The largest absolute Gasteiger partial charge is 0.494 e. The van der Waals surface area contributed by atoms with Crippen LogP contribution in [0.3, 0.4) is 0 Å². The molecular formula is C25H29ClN6O3. The van der Waals surface area contributed by atoms with Crippen molar-refractivity contribution in [3.8, 4) is 17.0 Å². The van der Waals surface area contributed by atoms with Gasteiger partial charge in [0.25, 0.3) is 0 Å². The Labute approximate surface area is 209 Å². The molecule has 4 heterocycles. The summed E-state index contributed by atoms with van der Waals surface area (Å²) >= 11 is 6.63. The van der Waals surface area contributed by atoms with Gasteiger partial charge >= 0.3 is 0 Å². The molecule has 2 aromatic heterocycles. The average Bonchev–Trinajstić information content (AvgIpc) is 3.18. The van der Waals surface area contributed by atoms with Gasteiger partial charge in [-0.2, -0.15) is 0 Å². The standard InChI is InChI=1S/C25H29ClN6O3/c1-4-35-16-11-32(12-16)21-9-22(34-3)20(8-18(21)26)31-24-27-6-5-19(30-24)15-7-17-23(28-10-15)29-13-25(17,2)14-33/h5-10,16,33H,4,11-14H2,1-3H3,(H,28,29)(H,27,30,31). The van der Waals surface area contributed by atoms with Gasteiger partial charge in [-0.3, -0.25) is 0 Å². The van der Waals surface area contributed by atoms with E-state index in [1.54, 1.807) is 19.5 Å². The Morgan fingerprint density at radius 2 is 2.11 bits per heavy atom. The summed E-state index contributed by atoms with van der Waals surface area (Å²) in [6.07, 6.45) is 3.70. The maximum Gasteiger partial charge on any atom is 0.227 e. The number of ether oxygens (including phenoxy) is 2. The van der Waals surface area contributed by atoms with E-state index in [-0.39, 0.29) is 18.1 Å². The highest BCUT2D eigenvalue weighted by Crippen LogP contribution is 2.40. The Morgan fingerprint density at radius 3 is 2.86 bits per heavy atom. The number of fused-ring (bicyclic) bond motifs is 1. The maximum absolute atomic E-state index is 9.89. The number of rotatable bonds is 8. The summed E-state index contributed by atoms with van der Waals surface area (Å²) in [4.78, 5) is 15.8. The zero-order chi connectivity index (χ0) is 24.6. The second-order valence-corrected chi connectivity index (χ2v) is 9.48. The fourth-order valence-electron chi connectivity index (χ4n) is 4.45. The van der Waals surface area contributed by atoms with Crippen molar-refractivity contribution in [1.29, 1.82) is 0 Å². The first-order valence-corrected chi connectivity index (χ1v) is 12.0. The first kappa shape index (κ1) is 23.6. The van der Waals surface area contributed by atoms with E-state index in [0.29, 0.717) is 41.3 Å². The minimum Gasteiger partial charge on any atom is -0.494 e. The molecule has 0 spiro atoms. The van der Waals surface area contributed by atoms with Crippen molar-refractivity contribution in [3.05, 3.63) is 47.2 Å². The minimum atomic E-state index is -0.378. The first-order chi connectivity index (χ1) is 16.9. The molecule has 0 bridgehead atoms. The van der Waals surface area contributed by atoms with Crippen molar-refractivity contribution in [3.63, 3.8) is 0 Å². The molecule has 10 heteroatoms. The molecule has 3 N–H and O–H groups in total. The summed E-state index contributed by atoms with van der Waals surface area (Å²) in [5, 5.41) is 17.0. The minimum absolute atomic E-state index is 0.0367. The van der Waals surface area contributed by atoms with Gasteiger partial charge in [0, 0.05) is 61.2 Å². The number of aliphatic hydroxyl groups excluding tert-OH is 1. The number of aromatic nitrogens is 3. The van der Waals surface area contributed by atoms with Crippen molar-refractivity contribution in [2.45, 2.75) is 25.4 Å². The van der Waals surface area contributed by atoms with Gasteiger partial charge in [-0.25, -0.2) is 15.0 Å². The normalized spacial score (nSPS) is 19.2.